The molecule has 3 heteroatoms. The molecule has 5 atom stereocenters. The van der Waals surface area contributed by atoms with Crippen molar-refractivity contribution < 1.29 is 10.2 Å². The quantitative estimate of drug-likeness (QED) is 0.631. The Kier molecular flexibility index (Phi) is 3.80. The molecular formula is C20H25IO2. The molecule has 2 fully saturated rings. The summed E-state index contributed by atoms with van der Waals surface area (Å²) in [6, 6.07) is 5.96. The molecular weight excluding hydrogens is 397 g/mol. The van der Waals surface area contributed by atoms with Gasteiger partial charge in [-0.2, -0.15) is 0 Å². The molecule has 23 heavy (non-hydrogen) atoms. The molecule has 2 nitrogen and oxygen atoms in total. The van der Waals surface area contributed by atoms with Crippen molar-refractivity contribution in [2.24, 2.45) is 17.3 Å². The van der Waals surface area contributed by atoms with E-state index in [2.05, 4.69) is 35.6 Å². The molecule has 1 unspecified atom stereocenters. The Morgan fingerprint density at radius 1 is 1.22 bits per heavy atom. The van der Waals surface area contributed by atoms with Gasteiger partial charge in [0.15, 0.2) is 0 Å². The van der Waals surface area contributed by atoms with Gasteiger partial charge >= 0.3 is 0 Å². The predicted octanol–water partition coefficient (Wildman–Crippen LogP) is 4.93. The Labute approximate surface area is 152 Å². The van der Waals surface area contributed by atoms with Crippen LogP contribution in [-0.2, 0) is 6.42 Å². The number of aryl methyl sites for hydroxylation is 1. The lowest BCUT2D eigenvalue weighted by molar-refractivity contribution is -0.0708. The molecule has 0 amide bonds. The fraction of sp³-hybridized carbons (Fsp3) is 0.600. The van der Waals surface area contributed by atoms with Crippen LogP contribution in [0.1, 0.15) is 56.1 Å². The van der Waals surface area contributed by atoms with E-state index in [0.29, 0.717) is 23.5 Å². The molecule has 3 aliphatic carbocycles. The molecule has 0 heterocycles. The third-order valence-electron chi connectivity index (χ3n) is 7.26. The molecule has 0 aromatic heterocycles. The van der Waals surface area contributed by atoms with Gasteiger partial charge in [-0.15, -0.1) is 0 Å². The van der Waals surface area contributed by atoms with Crippen molar-refractivity contribution in [1.29, 1.82) is 0 Å². The molecule has 0 saturated heterocycles. The first-order valence-corrected chi connectivity index (χ1v) is 10.1. The van der Waals surface area contributed by atoms with E-state index in [9.17, 15) is 10.2 Å². The van der Waals surface area contributed by atoms with E-state index in [-0.39, 0.29) is 5.41 Å². The topological polar surface area (TPSA) is 40.5 Å². The van der Waals surface area contributed by atoms with Gasteiger partial charge in [0, 0.05) is 5.41 Å². The number of phenolic OH excluding ortho intramolecular Hbond substituents is 1. The minimum absolute atomic E-state index is 0.0181. The van der Waals surface area contributed by atoms with Crippen LogP contribution in [0.2, 0.25) is 0 Å². The van der Waals surface area contributed by atoms with Crippen LogP contribution in [0.3, 0.4) is 0 Å². The highest BCUT2D eigenvalue weighted by molar-refractivity contribution is 14.1. The average Bonchev–Trinajstić information content (AvgIpc) is 2.79. The largest absolute Gasteiger partial charge is 0.508 e. The van der Waals surface area contributed by atoms with Gasteiger partial charge in [0.2, 0.25) is 0 Å². The first-order valence-electron chi connectivity index (χ1n) is 8.80. The minimum Gasteiger partial charge on any atom is -0.508 e. The Bertz CT molecular complexity index is 655. The number of aliphatic hydroxyl groups is 1. The standard InChI is InChI=1S/C20H25IO2/c1-19-8-6-16-15-5-3-14(22)12-13(15)2-4-17(16)18(19)7-9-20(19,23)10-11-21/h3,5,10-12,16-18,22-23H,2,4,6-9H2,1H3/b11-10+/t16-,17-,18+,19+,20?/m1/s1/i21-2. The molecule has 1 aromatic carbocycles. The van der Waals surface area contributed by atoms with Crippen LogP contribution in [0.15, 0.2) is 28.4 Å². The number of benzene rings is 1. The van der Waals surface area contributed by atoms with Crippen LogP contribution in [0.4, 0.5) is 0 Å². The highest BCUT2D eigenvalue weighted by Gasteiger charge is 2.60. The Hall–Kier alpha value is -0.550. The van der Waals surface area contributed by atoms with Crippen LogP contribution in [0.5, 0.6) is 5.75 Å². The van der Waals surface area contributed by atoms with E-state index in [1.54, 1.807) is 0 Å². The molecule has 0 aliphatic heterocycles. The maximum Gasteiger partial charge on any atom is 0.115 e. The van der Waals surface area contributed by atoms with Crippen molar-refractivity contribution in [3.8, 4) is 5.75 Å². The third kappa shape index (κ3) is 2.22. The molecule has 124 valence electrons. The summed E-state index contributed by atoms with van der Waals surface area (Å²) in [5, 5.41) is 21.0. The van der Waals surface area contributed by atoms with E-state index in [0.717, 1.165) is 32.1 Å². The van der Waals surface area contributed by atoms with Gasteiger partial charge in [-0.25, -0.2) is 0 Å². The zero-order valence-corrected chi connectivity index (χ0v) is 15.8. The van der Waals surface area contributed by atoms with Crippen molar-refractivity contribution in [3.05, 3.63) is 39.5 Å². The highest BCUT2D eigenvalue weighted by atomic mass is 125. The lowest BCUT2D eigenvalue weighted by Crippen LogP contribution is -2.49. The van der Waals surface area contributed by atoms with Gasteiger partial charge in [-0.05, 0) is 89.7 Å². The van der Waals surface area contributed by atoms with Crippen molar-refractivity contribution in [1.82, 2.24) is 0 Å². The van der Waals surface area contributed by atoms with Gasteiger partial charge in [0.1, 0.15) is 5.75 Å². The van der Waals surface area contributed by atoms with Crippen LogP contribution in [0, 0.1) is 17.3 Å². The zero-order chi connectivity index (χ0) is 16.2. The second-order valence-corrected chi connectivity index (χ2v) is 8.73. The number of rotatable bonds is 1. The fourth-order valence-electron chi connectivity index (χ4n) is 6.00. The molecule has 2 saturated carbocycles. The van der Waals surface area contributed by atoms with Crippen LogP contribution in [-0.4, -0.2) is 15.8 Å². The number of hydrogen-bond acceptors (Lipinski definition) is 2. The summed E-state index contributed by atoms with van der Waals surface area (Å²) >= 11 is 2.23. The Morgan fingerprint density at radius 2 is 2.04 bits per heavy atom. The number of phenols is 1. The molecule has 0 bridgehead atoms. The van der Waals surface area contributed by atoms with Crippen LogP contribution in [0.25, 0.3) is 0 Å². The summed E-state index contributed by atoms with van der Waals surface area (Å²) in [6.07, 6.45) is 8.61. The smallest absolute Gasteiger partial charge is 0.115 e. The predicted molar refractivity (Wildman–Crippen MR) is 101 cm³/mol. The van der Waals surface area contributed by atoms with E-state index in [1.165, 1.54) is 17.5 Å². The van der Waals surface area contributed by atoms with E-state index in [1.807, 2.05) is 22.3 Å². The minimum atomic E-state index is -0.626. The SMILES string of the molecule is C[C@]12CC[C@@H]3c4ccc(O)cc4CC[C@H]3[C@@H]1CCC2(O)/C=C/[125I]. The molecule has 0 spiro atoms. The number of halogens is 1. The molecule has 3 aliphatic rings. The van der Waals surface area contributed by atoms with Gasteiger partial charge < -0.3 is 10.2 Å². The molecule has 2 N–H and O–H groups in total. The number of aromatic hydroxyl groups is 1. The summed E-state index contributed by atoms with van der Waals surface area (Å²) in [7, 11) is 0. The lowest BCUT2D eigenvalue weighted by Gasteiger charge is -2.52. The van der Waals surface area contributed by atoms with Gasteiger partial charge in [-0.3, -0.25) is 0 Å². The summed E-state index contributed by atoms with van der Waals surface area (Å²) in [6.45, 7) is 2.32. The summed E-state index contributed by atoms with van der Waals surface area (Å²) in [4.78, 5) is 0. The van der Waals surface area contributed by atoms with Gasteiger partial charge in [0.05, 0.1) is 5.60 Å². The van der Waals surface area contributed by atoms with Gasteiger partial charge in [0.25, 0.3) is 0 Å². The van der Waals surface area contributed by atoms with Crippen molar-refractivity contribution >= 4 is 22.6 Å². The van der Waals surface area contributed by atoms with Crippen LogP contribution < -0.4 is 0 Å². The van der Waals surface area contributed by atoms with Crippen molar-refractivity contribution in [2.45, 2.75) is 57.0 Å². The average molecular weight is 422 g/mol. The third-order valence-corrected chi connectivity index (χ3v) is 7.62. The molecule has 4 rings (SSSR count). The second-order valence-electron chi connectivity index (χ2n) is 8.01. The van der Waals surface area contributed by atoms with E-state index in [4.69, 9.17) is 0 Å². The number of hydrogen-bond donors (Lipinski definition) is 2. The first kappa shape index (κ1) is 15.9. The molecule has 0 radical (unpaired) electrons. The van der Waals surface area contributed by atoms with Crippen molar-refractivity contribution in [3.63, 3.8) is 0 Å². The Balaban J connectivity index is 1.70. The normalized spacial score (nSPS) is 42.3. The maximum atomic E-state index is 11.2. The molecule has 1 aromatic rings. The number of fused-ring (bicyclic) bond motifs is 5. The second kappa shape index (κ2) is 5.48. The highest BCUT2D eigenvalue weighted by Crippen LogP contribution is 2.64. The fourth-order valence-corrected chi connectivity index (χ4v) is 6.59. The zero-order valence-electron chi connectivity index (χ0n) is 13.6. The Morgan fingerprint density at radius 3 is 2.83 bits per heavy atom. The van der Waals surface area contributed by atoms with Gasteiger partial charge in [-0.1, -0.05) is 35.6 Å². The van der Waals surface area contributed by atoms with Crippen molar-refractivity contribution in [2.75, 3.05) is 0 Å². The summed E-state index contributed by atoms with van der Waals surface area (Å²) < 4.78 is 2.00. The van der Waals surface area contributed by atoms with E-state index >= 15 is 0 Å². The van der Waals surface area contributed by atoms with Crippen LogP contribution >= 0.6 is 22.6 Å². The lowest BCUT2D eigenvalue weighted by atomic mass is 9.53. The summed E-state index contributed by atoms with van der Waals surface area (Å²) in [5.41, 5.74) is 2.19. The van der Waals surface area contributed by atoms with E-state index < -0.39 is 5.60 Å². The first-order chi connectivity index (χ1) is 11.0. The monoisotopic (exact) mass is 422 g/mol. The summed E-state index contributed by atoms with van der Waals surface area (Å²) in [5.74, 6) is 2.30. The maximum absolute atomic E-state index is 11.2.